The Morgan fingerprint density at radius 3 is 2.62 bits per heavy atom. The van der Waals surface area contributed by atoms with E-state index in [2.05, 4.69) is 11.8 Å². The highest BCUT2D eigenvalue weighted by atomic mass is 19.1. The van der Waals surface area contributed by atoms with Crippen LogP contribution in [0.3, 0.4) is 0 Å². The van der Waals surface area contributed by atoms with Gasteiger partial charge in [-0.05, 0) is 23.8 Å². The molecule has 0 fully saturated rings. The van der Waals surface area contributed by atoms with Crippen molar-refractivity contribution in [3.63, 3.8) is 0 Å². The number of hydrogen-bond acceptors (Lipinski definition) is 3. The van der Waals surface area contributed by atoms with Gasteiger partial charge >= 0.3 is 0 Å². The van der Waals surface area contributed by atoms with Crippen molar-refractivity contribution in [1.29, 1.82) is 0 Å². The number of aliphatic hydroxyl groups is 1. The molecule has 0 bridgehead atoms. The number of amides is 1. The van der Waals surface area contributed by atoms with Crippen LogP contribution in [0.1, 0.15) is 21.5 Å². The third-order valence-electron chi connectivity index (χ3n) is 3.41. The van der Waals surface area contributed by atoms with Gasteiger partial charge in [-0.3, -0.25) is 4.79 Å². The van der Waals surface area contributed by atoms with Crippen LogP contribution >= 0.6 is 0 Å². The number of nitrogens with zero attached hydrogens (tertiary/aromatic N) is 1. The lowest BCUT2D eigenvalue weighted by Gasteiger charge is -2.22. The minimum absolute atomic E-state index is 0.147. The Hall–Kier alpha value is -2.68. The Bertz CT molecular complexity index is 751. The first-order chi connectivity index (χ1) is 11.7. The van der Waals surface area contributed by atoms with E-state index in [-0.39, 0.29) is 31.2 Å². The van der Waals surface area contributed by atoms with Crippen molar-refractivity contribution in [2.45, 2.75) is 6.54 Å². The van der Waals surface area contributed by atoms with Crippen molar-refractivity contribution in [1.82, 2.24) is 4.90 Å². The molecule has 0 aliphatic carbocycles. The number of aliphatic hydroxyl groups excluding tert-OH is 1. The summed E-state index contributed by atoms with van der Waals surface area (Å²) < 4.78 is 13.6. The molecule has 2 aromatic rings. The molecule has 0 atom stereocenters. The molecule has 0 aliphatic rings. The molecule has 24 heavy (non-hydrogen) atoms. The molecule has 1 amide bonds. The molecule has 0 radical (unpaired) electrons. The van der Waals surface area contributed by atoms with E-state index in [9.17, 15) is 14.3 Å². The summed E-state index contributed by atoms with van der Waals surface area (Å²) in [5.41, 5.74) is 6.87. The predicted molar refractivity (Wildman–Crippen MR) is 90.6 cm³/mol. The van der Waals surface area contributed by atoms with Gasteiger partial charge in [-0.1, -0.05) is 42.2 Å². The number of hydrogen-bond donors (Lipinski definition) is 2. The highest BCUT2D eigenvalue weighted by Gasteiger charge is 2.19. The number of nitrogens with two attached hydrogens (primary N) is 1. The second-order valence-electron chi connectivity index (χ2n) is 5.13. The summed E-state index contributed by atoms with van der Waals surface area (Å²) in [6.45, 7) is 0.432. The highest BCUT2D eigenvalue weighted by Crippen LogP contribution is 2.15. The summed E-state index contributed by atoms with van der Waals surface area (Å²) in [6, 6.07) is 13.3. The maximum absolute atomic E-state index is 13.6. The number of benzene rings is 2. The van der Waals surface area contributed by atoms with Crippen LogP contribution in [-0.2, 0) is 6.54 Å². The van der Waals surface area contributed by atoms with Crippen LogP contribution in [-0.4, -0.2) is 35.6 Å². The molecule has 0 saturated carbocycles. The number of halogens is 1. The zero-order chi connectivity index (χ0) is 17.4. The van der Waals surface area contributed by atoms with Crippen molar-refractivity contribution in [3.05, 3.63) is 71.0 Å². The topological polar surface area (TPSA) is 66.6 Å². The zero-order valence-electron chi connectivity index (χ0n) is 13.2. The van der Waals surface area contributed by atoms with Crippen LogP contribution in [0.4, 0.5) is 4.39 Å². The van der Waals surface area contributed by atoms with Gasteiger partial charge in [-0.2, -0.15) is 0 Å². The van der Waals surface area contributed by atoms with Crippen LogP contribution in [0.15, 0.2) is 48.5 Å². The summed E-state index contributed by atoms with van der Waals surface area (Å²) in [5, 5.41) is 9.26. The molecule has 0 aromatic heterocycles. The van der Waals surface area contributed by atoms with Crippen molar-refractivity contribution in [3.8, 4) is 11.8 Å². The minimum Gasteiger partial charge on any atom is -0.395 e. The van der Waals surface area contributed by atoms with Crippen LogP contribution in [0.5, 0.6) is 0 Å². The van der Waals surface area contributed by atoms with Crippen LogP contribution < -0.4 is 5.73 Å². The molecule has 0 saturated heterocycles. The van der Waals surface area contributed by atoms with Crippen LogP contribution in [0.2, 0.25) is 0 Å². The van der Waals surface area contributed by atoms with Gasteiger partial charge in [0, 0.05) is 18.7 Å². The average molecular weight is 326 g/mol. The first kappa shape index (κ1) is 17.7. The Balaban J connectivity index is 2.34. The van der Waals surface area contributed by atoms with Gasteiger partial charge in [-0.15, -0.1) is 0 Å². The van der Waals surface area contributed by atoms with Crippen molar-refractivity contribution < 1.29 is 14.3 Å². The van der Waals surface area contributed by atoms with Crippen LogP contribution in [0.25, 0.3) is 0 Å². The van der Waals surface area contributed by atoms with E-state index in [0.29, 0.717) is 12.1 Å². The maximum Gasteiger partial charge on any atom is 0.255 e. The van der Waals surface area contributed by atoms with E-state index < -0.39 is 5.82 Å². The molecule has 0 spiro atoms. The quantitative estimate of drug-likeness (QED) is 0.823. The summed E-state index contributed by atoms with van der Waals surface area (Å²) in [4.78, 5) is 14.3. The van der Waals surface area contributed by atoms with Crippen LogP contribution in [0, 0.1) is 17.7 Å². The van der Waals surface area contributed by atoms with Crippen molar-refractivity contribution in [2.24, 2.45) is 5.73 Å². The second-order valence-corrected chi connectivity index (χ2v) is 5.13. The van der Waals surface area contributed by atoms with E-state index in [4.69, 9.17) is 5.73 Å². The van der Waals surface area contributed by atoms with Crippen molar-refractivity contribution >= 4 is 5.91 Å². The fourth-order valence-electron chi connectivity index (χ4n) is 2.30. The SMILES string of the molecule is NCC#Cc1ccc(F)cc1C(=O)N(CCO)Cc1ccccc1. The van der Waals surface area contributed by atoms with E-state index >= 15 is 0 Å². The van der Waals surface area contributed by atoms with Gasteiger partial charge in [0.1, 0.15) is 5.82 Å². The van der Waals surface area contributed by atoms with E-state index in [0.717, 1.165) is 11.6 Å². The largest absolute Gasteiger partial charge is 0.395 e. The number of carbonyl (C=O) groups is 1. The molecule has 2 rings (SSSR count). The molecular formula is C19H19FN2O2. The Morgan fingerprint density at radius 1 is 1.21 bits per heavy atom. The molecule has 2 aromatic carbocycles. The predicted octanol–water partition coefficient (Wildman–Crippen LogP) is 1.77. The molecule has 0 unspecified atom stereocenters. The van der Waals surface area contributed by atoms with Gasteiger partial charge in [-0.25, -0.2) is 4.39 Å². The summed E-state index contributed by atoms with van der Waals surface area (Å²) >= 11 is 0. The van der Waals surface area contributed by atoms with Gasteiger partial charge in [0.15, 0.2) is 0 Å². The highest BCUT2D eigenvalue weighted by molar-refractivity contribution is 5.96. The second kappa shape index (κ2) is 8.82. The van der Waals surface area contributed by atoms with Gasteiger partial charge < -0.3 is 15.7 Å². The van der Waals surface area contributed by atoms with Crippen molar-refractivity contribution in [2.75, 3.05) is 19.7 Å². The summed E-state index contributed by atoms with van der Waals surface area (Å²) in [6.07, 6.45) is 0. The smallest absolute Gasteiger partial charge is 0.255 e. The molecule has 5 heteroatoms. The minimum atomic E-state index is -0.514. The third-order valence-corrected chi connectivity index (χ3v) is 3.41. The Labute approximate surface area is 140 Å². The van der Waals surface area contributed by atoms with E-state index in [1.165, 1.54) is 17.0 Å². The monoisotopic (exact) mass is 326 g/mol. The normalized spacial score (nSPS) is 9.96. The fraction of sp³-hybridized carbons (Fsp3) is 0.211. The fourth-order valence-corrected chi connectivity index (χ4v) is 2.30. The summed E-state index contributed by atoms with van der Waals surface area (Å²) in [7, 11) is 0. The van der Waals surface area contributed by atoms with E-state index in [1.807, 2.05) is 30.3 Å². The lowest BCUT2D eigenvalue weighted by molar-refractivity contribution is 0.0707. The zero-order valence-corrected chi connectivity index (χ0v) is 13.2. The summed E-state index contributed by atoms with van der Waals surface area (Å²) in [5.74, 6) is 4.57. The van der Waals surface area contributed by atoms with Gasteiger partial charge in [0.25, 0.3) is 5.91 Å². The number of carbonyl (C=O) groups excluding carboxylic acids is 1. The Morgan fingerprint density at radius 2 is 1.96 bits per heavy atom. The maximum atomic E-state index is 13.6. The number of rotatable bonds is 5. The third kappa shape index (κ3) is 4.66. The molecule has 0 heterocycles. The first-order valence-corrected chi connectivity index (χ1v) is 7.58. The van der Waals surface area contributed by atoms with E-state index in [1.54, 1.807) is 0 Å². The Kier molecular flexibility index (Phi) is 6.50. The molecule has 3 N–H and O–H groups in total. The van der Waals surface area contributed by atoms with Gasteiger partial charge in [0.05, 0.1) is 18.7 Å². The standard InChI is InChI=1S/C19H19FN2O2/c20-17-9-8-16(7-4-10-21)18(13-17)19(24)22(11-12-23)14-15-5-2-1-3-6-15/h1-3,5-6,8-9,13,23H,10-12,14,21H2. The molecule has 0 aliphatic heterocycles. The first-order valence-electron chi connectivity index (χ1n) is 7.58. The lowest BCUT2D eigenvalue weighted by Crippen LogP contribution is -2.33. The molecule has 4 nitrogen and oxygen atoms in total. The molecule has 124 valence electrons. The van der Waals surface area contributed by atoms with Gasteiger partial charge in [0.2, 0.25) is 0 Å². The molecular weight excluding hydrogens is 307 g/mol. The average Bonchev–Trinajstić information content (AvgIpc) is 2.60. The lowest BCUT2D eigenvalue weighted by atomic mass is 10.1.